The minimum absolute atomic E-state index is 0.340. The zero-order valence-corrected chi connectivity index (χ0v) is 11.2. The average molecular weight is 246 g/mol. The predicted molar refractivity (Wildman–Crippen MR) is 72.0 cm³/mol. The molecule has 3 heteroatoms. The average Bonchev–Trinajstić information content (AvgIpc) is 3.18. The van der Waals surface area contributed by atoms with Gasteiger partial charge in [-0.1, -0.05) is 18.2 Å². The van der Waals surface area contributed by atoms with Gasteiger partial charge in [-0.15, -0.1) is 11.8 Å². The molecule has 1 atom stereocenters. The summed E-state index contributed by atoms with van der Waals surface area (Å²) in [6.07, 6.45) is 2.37. The van der Waals surface area contributed by atoms with E-state index in [-0.39, 0.29) is 5.54 Å². The van der Waals surface area contributed by atoms with Crippen LogP contribution in [-0.2, 0) is 0 Å². The van der Waals surface area contributed by atoms with Gasteiger partial charge in [-0.25, -0.2) is 0 Å². The monoisotopic (exact) mass is 246 g/mol. The minimum Gasteiger partial charge on any atom is -0.302 e. The van der Waals surface area contributed by atoms with Crippen LogP contribution in [0, 0.1) is 24.2 Å². The Balaban J connectivity index is 2.06. The van der Waals surface area contributed by atoms with E-state index in [0.717, 1.165) is 5.75 Å². The Morgan fingerprint density at radius 1 is 1.47 bits per heavy atom. The molecule has 17 heavy (non-hydrogen) atoms. The molecule has 1 saturated carbocycles. The highest BCUT2D eigenvalue weighted by Crippen LogP contribution is 2.42. The molecule has 0 aromatic heterocycles. The molecule has 1 aliphatic rings. The fraction of sp³-hybridized carbons (Fsp3) is 0.500. The second-order valence-corrected chi connectivity index (χ2v) is 5.68. The lowest BCUT2D eigenvalue weighted by Crippen LogP contribution is -2.46. The van der Waals surface area contributed by atoms with E-state index in [1.54, 1.807) is 11.8 Å². The Bertz CT molecular complexity index is 434. The molecule has 0 amide bonds. The highest BCUT2D eigenvalue weighted by atomic mass is 32.2. The van der Waals surface area contributed by atoms with Crippen LogP contribution < -0.4 is 5.32 Å². The third-order valence-corrected chi connectivity index (χ3v) is 4.84. The van der Waals surface area contributed by atoms with Crippen LogP contribution in [0.25, 0.3) is 0 Å². The molecule has 1 aliphatic carbocycles. The first kappa shape index (κ1) is 12.5. The lowest BCUT2D eigenvalue weighted by Gasteiger charge is -2.25. The van der Waals surface area contributed by atoms with Crippen LogP contribution >= 0.6 is 11.8 Å². The first-order valence-electron chi connectivity index (χ1n) is 6.00. The van der Waals surface area contributed by atoms with E-state index in [9.17, 15) is 5.26 Å². The molecule has 0 saturated heterocycles. The van der Waals surface area contributed by atoms with Crippen LogP contribution in [0.1, 0.15) is 18.4 Å². The van der Waals surface area contributed by atoms with Crippen molar-refractivity contribution in [1.82, 2.24) is 5.32 Å². The summed E-state index contributed by atoms with van der Waals surface area (Å²) in [6, 6.07) is 10.8. The van der Waals surface area contributed by atoms with E-state index in [4.69, 9.17) is 0 Å². The van der Waals surface area contributed by atoms with Gasteiger partial charge < -0.3 is 5.32 Å². The molecule has 1 N–H and O–H groups in total. The fourth-order valence-electron chi connectivity index (χ4n) is 2.06. The summed E-state index contributed by atoms with van der Waals surface area (Å²) in [5.74, 6) is 1.37. The topological polar surface area (TPSA) is 35.8 Å². The van der Waals surface area contributed by atoms with E-state index in [0.29, 0.717) is 5.92 Å². The van der Waals surface area contributed by atoms with Gasteiger partial charge in [0.2, 0.25) is 0 Å². The SMILES string of the molecule is CNC(C#N)(CSc1ccccc1C)C1CC1. The van der Waals surface area contributed by atoms with E-state index >= 15 is 0 Å². The lowest BCUT2D eigenvalue weighted by molar-refractivity contribution is 0.441. The van der Waals surface area contributed by atoms with E-state index in [1.165, 1.54) is 23.3 Å². The molecular formula is C14H18N2S. The molecule has 2 rings (SSSR count). The predicted octanol–water partition coefficient (Wildman–Crippen LogP) is 2.98. The van der Waals surface area contributed by atoms with Crippen molar-refractivity contribution in [3.63, 3.8) is 0 Å². The first-order chi connectivity index (χ1) is 8.22. The zero-order chi connectivity index (χ0) is 12.3. The summed E-state index contributed by atoms with van der Waals surface area (Å²) in [5, 5.41) is 12.6. The smallest absolute Gasteiger partial charge is 0.118 e. The maximum atomic E-state index is 9.41. The summed E-state index contributed by atoms with van der Waals surface area (Å²) in [7, 11) is 1.90. The maximum absolute atomic E-state index is 9.41. The Morgan fingerprint density at radius 3 is 2.71 bits per heavy atom. The van der Waals surface area contributed by atoms with Crippen LogP contribution in [0.2, 0.25) is 0 Å². The van der Waals surface area contributed by atoms with E-state index < -0.39 is 0 Å². The summed E-state index contributed by atoms with van der Waals surface area (Å²) >= 11 is 1.79. The summed E-state index contributed by atoms with van der Waals surface area (Å²) in [4.78, 5) is 1.28. The van der Waals surface area contributed by atoms with Crippen LogP contribution in [-0.4, -0.2) is 18.3 Å². The number of hydrogen-bond donors (Lipinski definition) is 1. The number of nitrogens with zero attached hydrogens (tertiary/aromatic N) is 1. The van der Waals surface area contributed by atoms with Crippen LogP contribution in [0.15, 0.2) is 29.2 Å². The van der Waals surface area contributed by atoms with Crippen molar-refractivity contribution in [3.05, 3.63) is 29.8 Å². The third-order valence-electron chi connectivity index (χ3n) is 3.47. The fourth-order valence-corrected chi connectivity index (χ4v) is 3.36. The lowest BCUT2D eigenvalue weighted by atomic mass is 9.98. The molecule has 0 heterocycles. The summed E-state index contributed by atoms with van der Waals surface area (Å²) < 4.78 is 0. The third kappa shape index (κ3) is 2.65. The molecular weight excluding hydrogens is 228 g/mol. The van der Waals surface area contributed by atoms with Crippen molar-refractivity contribution < 1.29 is 0 Å². The Morgan fingerprint density at radius 2 is 2.18 bits per heavy atom. The van der Waals surface area contributed by atoms with Crippen LogP contribution in [0.4, 0.5) is 0 Å². The highest BCUT2D eigenvalue weighted by molar-refractivity contribution is 7.99. The van der Waals surface area contributed by atoms with E-state index in [2.05, 4.69) is 42.6 Å². The first-order valence-corrected chi connectivity index (χ1v) is 6.99. The van der Waals surface area contributed by atoms with Crippen molar-refractivity contribution in [1.29, 1.82) is 5.26 Å². The second kappa shape index (κ2) is 5.12. The number of benzene rings is 1. The number of nitrogens with one attached hydrogen (secondary N) is 1. The van der Waals surface area contributed by atoms with Gasteiger partial charge in [0.1, 0.15) is 5.54 Å². The van der Waals surface area contributed by atoms with E-state index in [1.807, 2.05) is 7.05 Å². The molecule has 1 unspecified atom stereocenters. The number of aryl methyl sites for hydroxylation is 1. The Kier molecular flexibility index (Phi) is 3.76. The Labute approximate surface area is 107 Å². The number of thioether (sulfide) groups is 1. The number of nitriles is 1. The minimum atomic E-state index is -0.340. The van der Waals surface area contributed by atoms with Gasteiger partial charge >= 0.3 is 0 Å². The molecule has 0 radical (unpaired) electrons. The Hall–Kier alpha value is -0.980. The molecule has 1 fully saturated rings. The molecule has 2 nitrogen and oxygen atoms in total. The van der Waals surface area contributed by atoms with Gasteiger partial charge in [0.15, 0.2) is 0 Å². The number of hydrogen-bond acceptors (Lipinski definition) is 3. The maximum Gasteiger partial charge on any atom is 0.118 e. The molecule has 1 aromatic carbocycles. The van der Waals surface area contributed by atoms with Crippen LogP contribution in [0.3, 0.4) is 0 Å². The van der Waals surface area contributed by atoms with Crippen molar-refractivity contribution in [2.24, 2.45) is 5.92 Å². The van der Waals surface area contributed by atoms with Crippen LogP contribution in [0.5, 0.6) is 0 Å². The van der Waals surface area contributed by atoms with Crippen molar-refractivity contribution in [2.75, 3.05) is 12.8 Å². The highest BCUT2D eigenvalue weighted by Gasteiger charge is 2.44. The van der Waals surface area contributed by atoms with Crippen molar-refractivity contribution >= 4 is 11.8 Å². The molecule has 0 spiro atoms. The molecule has 0 bridgehead atoms. The van der Waals surface area contributed by atoms with Crippen molar-refractivity contribution in [3.8, 4) is 6.07 Å². The van der Waals surface area contributed by atoms with Gasteiger partial charge in [0.25, 0.3) is 0 Å². The van der Waals surface area contributed by atoms with Gasteiger partial charge in [0, 0.05) is 10.6 Å². The normalized spacial score (nSPS) is 18.4. The quantitative estimate of drug-likeness (QED) is 0.811. The van der Waals surface area contributed by atoms with Gasteiger partial charge in [0.05, 0.1) is 6.07 Å². The largest absolute Gasteiger partial charge is 0.302 e. The summed E-state index contributed by atoms with van der Waals surface area (Å²) in [6.45, 7) is 2.12. The molecule has 1 aromatic rings. The van der Waals surface area contributed by atoms with Crippen molar-refractivity contribution in [2.45, 2.75) is 30.2 Å². The second-order valence-electron chi connectivity index (χ2n) is 4.66. The van der Waals surface area contributed by atoms with Gasteiger partial charge in [-0.05, 0) is 44.4 Å². The standard InChI is InChI=1S/C14H18N2S/c1-11-5-3-4-6-13(11)17-10-14(9-15,16-2)12-7-8-12/h3-6,12,16H,7-8,10H2,1-2H3. The number of rotatable bonds is 5. The van der Waals surface area contributed by atoms with Gasteiger partial charge in [-0.3, -0.25) is 0 Å². The van der Waals surface area contributed by atoms with Gasteiger partial charge in [-0.2, -0.15) is 5.26 Å². The molecule has 90 valence electrons. The summed E-state index contributed by atoms with van der Waals surface area (Å²) in [5.41, 5.74) is 0.948. The zero-order valence-electron chi connectivity index (χ0n) is 10.4. The molecule has 0 aliphatic heterocycles.